The van der Waals surface area contributed by atoms with Gasteiger partial charge in [-0.3, -0.25) is 9.98 Å². The number of fused-ring (bicyclic) bond motifs is 1. The SMILES string of the molecule is CCCCCCC(=Nc1ccc(CC)c(CC)c1)C(CC)=Nc1ccc(CC)c(CC)c1.CCCCCCCCNc1ccc2cc(O)c(O)cc2c1CCCC.[Ni]. The number of aliphatic imine (C=N–C) groups is 2. The number of hydrogen-bond donors (Lipinski definition) is 3. The van der Waals surface area contributed by atoms with Gasteiger partial charge in [0.15, 0.2) is 11.5 Å². The number of nitrogens with one attached hydrogen (secondary N) is 1. The Labute approximate surface area is 363 Å². The number of rotatable bonds is 24. The van der Waals surface area contributed by atoms with E-state index in [4.69, 9.17) is 9.98 Å². The minimum atomic E-state index is -0.0540. The van der Waals surface area contributed by atoms with E-state index in [-0.39, 0.29) is 28.0 Å². The second-order valence-corrected chi connectivity index (χ2v) is 15.6. The van der Waals surface area contributed by atoms with Gasteiger partial charge in [0.25, 0.3) is 0 Å². The van der Waals surface area contributed by atoms with Crippen LogP contribution in [0.5, 0.6) is 11.5 Å². The maximum atomic E-state index is 9.90. The van der Waals surface area contributed by atoms with Crippen LogP contribution in [0.3, 0.4) is 0 Å². The summed E-state index contributed by atoms with van der Waals surface area (Å²) in [5.41, 5.74) is 12.5. The van der Waals surface area contributed by atoms with Gasteiger partial charge in [0.1, 0.15) is 0 Å². The van der Waals surface area contributed by atoms with Crippen LogP contribution in [0, 0.1) is 0 Å². The van der Waals surface area contributed by atoms with Gasteiger partial charge in [0, 0.05) is 28.7 Å². The van der Waals surface area contributed by atoms with Crippen molar-refractivity contribution < 1.29 is 26.7 Å². The Bertz CT molecular complexity index is 1850. The molecule has 0 aliphatic heterocycles. The molecule has 0 aromatic heterocycles. The van der Waals surface area contributed by atoms with Crippen molar-refractivity contribution in [1.82, 2.24) is 0 Å². The van der Waals surface area contributed by atoms with Gasteiger partial charge in [0.05, 0.1) is 22.8 Å². The van der Waals surface area contributed by atoms with Crippen molar-refractivity contribution in [2.24, 2.45) is 9.98 Å². The zero-order valence-corrected chi connectivity index (χ0v) is 38.5. The summed E-state index contributed by atoms with van der Waals surface area (Å²) in [7, 11) is 0. The molecule has 0 amide bonds. The number of benzene rings is 4. The monoisotopic (exact) mass is 834 g/mol. The van der Waals surface area contributed by atoms with Crippen LogP contribution in [0.2, 0.25) is 0 Å². The molecule has 0 unspecified atom stereocenters. The summed E-state index contributed by atoms with van der Waals surface area (Å²) in [6.07, 6.45) is 22.1. The molecule has 0 atom stereocenters. The van der Waals surface area contributed by atoms with Gasteiger partial charge in [-0.15, -0.1) is 0 Å². The molecule has 0 aliphatic rings. The molecule has 4 aromatic carbocycles. The van der Waals surface area contributed by atoms with Crippen molar-refractivity contribution in [2.75, 3.05) is 11.9 Å². The van der Waals surface area contributed by atoms with Gasteiger partial charge in [-0.25, -0.2) is 0 Å². The normalized spacial score (nSPS) is 11.7. The van der Waals surface area contributed by atoms with Crippen LogP contribution in [-0.2, 0) is 48.6 Å². The summed E-state index contributed by atoms with van der Waals surface area (Å²) in [6, 6.07) is 20.9. The molecule has 6 heteroatoms. The predicted molar refractivity (Wildman–Crippen MR) is 251 cm³/mol. The second-order valence-electron chi connectivity index (χ2n) is 15.6. The van der Waals surface area contributed by atoms with E-state index in [0.29, 0.717) is 0 Å². The standard InChI is InChI=1S/C30H44N2.C22H33NO2.Ni/c1-7-13-14-15-16-30(32-28-20-18-24(9-3)26(11-5)22-28)29(12-6)31-27-19-17-23(8-2)25(10-4)21-27;1-3-5-7-8-9-10-14-23-20-13-12-17-15-21(24)22(25)16-19(17)18(20)11-6-4-2;/h17-22H,7-16H2,1-6H3;12-13,15-16,23-25H,3-11,14H2,1-2H3;. The van der Waals surface area contributed by atoms with Crippen LogP contribution in [0.1, 0.15) is 173 Å². The van der Waals surface area contributed by atoms with Crippen LogP contribution in [0.25, 0.3) is 10.8 Å². The van der Waals surface area contributed by atoms with E-state index in [1.165, 1.54) is 97.7 Å². The maximum Gasteiger partial charge on any atom is 0.158 e. The summed E-state index contributed by atoms with van der Waals surface area (Å²) < 4.78 is 0. The summed E-state index contributed by atoms with van der Waals surface area (Å²) in [5, 5.41) is 25.3. The van der Waals surface area contributed by atoms with Crippen LogP contribution >= 0.6 is 0 Å². The van der Waals surface area contributed by atoms with E-state index in [0.717, 1.165) is 97.9 Å². The molecule has 0 aliphatic carbocycles. The minimum Gasteiger partial charge on any atom is -0.504 e. The van der Waals surface area contributed by atoms with E-state index in [9.17, 15) is 10.2 Å². The third-order valence-electron chi connectivity index (χ3n) is 11.2. The second kappa shape index (κ2) is 28.7. The molecule has 5 nitrogen and oxygen atoms in total. The molecule has 4 rings (SSSR count). The number of aromatic hydroxyl groups is 2. The van der Waals surface area contributed by atoms with Gasteiger partial charge < -0.3 is 15.5 Å². The van der Waals surface area contributed by atoms with E-state index in [2.05, 4.69) is 103 Å². The Morgan fingerprint density at radius 3 is 1.59 bits per heavy atom. The molecule has 0 saturated heterocycles. The van der Waals surface area contributed by atoms with Crippen LogP contribution in [0.4, 0.5) is 17.1 Å². The Hall–Kier alpha value is -3.63. The third kappa shape index (κ3) is 16.2. The number of nitrogens with zero attached hydrogens (tertiary/aromatic N) is 2. The zero-order valence-electron chi connectivity index (χ0n) is 37.5. The first-order chi connectivity index (χ1) is 27.8. The smallest absolute Gasteiger partial charge is 0.158 e. The van der Waals surface area contributed by atoms with Crippen LogP contribution in [-0.4, -0.2) is 28.2 Å². The molecule has 58 heavy (non-hydrogen) atoms. The molecular formula is C52H77N3NiO2. The summed E-state index contributed by atoms with van der Waals surface area (Å²) in [6.45, 7) is 18.8. The van der Waals surface area contributed by atoms with E-state index in [1.807, 2.05) is 6.07 Å². The van der Waals surface area contributed by atoms with Crippen molar-refractivity contribution in [3.63, 3.8) is 0 Å². The van der Waals surface area contributed by atoms with E-state index >= 15 is 0 Å². The van der Waals surface area contributed by atoms with Crippen LogP contribution < -0.4 is 5.32 Å². The summed E-state index contributed by atoms with van der Waals surface area (Å²) in [4.78, 5) is 10.3. The zero-order chi connectivity index (χ0) is 41.4. The predicted octanol–water partition coefficient (Wildman–Crippen LogP) is 15.5. The number of unbranched alkanes of at least 4 members (excludes halogenated alkanes) is 9. The number of phenolic OH excluding ortho intramolecular Hbond substituents is 2. The summed E-state index contributed by atoms with van der Waals surface area (Å²) >= 11 is 0. The van der Waals surface area contributed by atoms with Gasteiger partial charge in [0.2, 0.25) is 0 Å². The Morgan fingerprint density at radius 2 is 1.03 bits per heavy atom. The number of anilines is 1. The average molecular weight is 835 g/mol. The molecular weight excluding hydrogens is 757 g/mol. The number of hydrogen-bond acceptors (Lipinski definition) is 5. The first-order valence-electron chi connectivity index (χ1n) is 22.9. The fourth-order valence-corrected chi connectivity index (χ4v) is 7.68. The topological polar surface area (TPSA) is 77.2 Å². The van der Waals surface area contributed by atoms with Gasteiger partial charge >= 0.3 is 0 Å². The molecule has 4 aromatic rings. The molecule has 0 saturated carbocycles. The Kier molecular flexibility index (Phi) is 25.0. The number of phenols is 2. The fraction of sp³-hybridized carbons (Fsp3) is 0.538. The molecule has 0 bridgehead atoms. The van der Waals surface area contributed by atoms with Gasteiger partial charge in [-0.1, -0.05) is 131 Å². The molecule has 0 heterocycles. The summed E-state index contributed by atoms with van der Waals surface area (Å²) in [5.74, 6) is -0.0972. The first kappa shape index (κ1) is 50.5. The fourth-order valence-electron chi connectivity index (χ4n) is 7.68. The van der Waals surface area contributed by atoms with Crippen molar-refractivity contribution in [2.45, 2.75) is 177 Å². The van der Waals surface area contributed by atoms with Crippen molar-refractivity contribution in [3.05, 3.63) is 88.5 Å². The molecule has 0 spiro atoms. The quantitative estimate of drug-likeness (QED) is 0.0285. The van der Waals surface area contributed by atoms with Crippen molar-refractivity contribution in [1.29, 1.82) is 0 Å². The van der Waals surface area contributed by atoms with Gasteiger partial charge in [-0.05, 0) is 145 Å². The van der Waals surface area contributed by atoms with E-state index in [1.54, 1.807) is 12.1 Å². The third-order valence-corrected chi connectivity index (χ3v) is 11.2. The van der Waals surface area contributed by atoms with Crippen molar-refractivity contribution in [3.8, 4) is 11.5 Å². The van der Waals surface area contributed by atoms with E-state index < -0.39 is 0 Å². The molecule has 0 fully saturated rings. The van der Waals surface area contributed by atoms with Gasteiger partial charge in [-0.2, -0.15) is 0 Å². The minimum absolute atomic E-state index is 0. The van der Waals surface area contributed by atoms with Crippen LogP contribution in [0.15, 0.2) is 70.6 Å². The molecule has 322 valence electrons. The Balaban J connectivity index is 0.000000405. The maximum absolute atomic E-state index is 9.90. The Morgan fingerprint density at radius 1 is 0.517 bits per heavy atom. The molecule has 3 N–H and O–H groups in total. The average Bonchev–Trinajstić information content (AvgIpc) is 3.23. The first-order valence-corrected chi connectivity index (χ1v) is 22.9. The number of aryl methyl sites for hydroxylation is 5. The van der Waals surface area contributed by atoms with Crippen molar-refractivity contribution >= 4 is 39.3 Å². The largest absolute Gasteiger partial charge is 0.504 e. The molecule has 0 radical (unpaired) electrons.